The molecule has 0 bridgehead atoms. The number of ether oxygens (including phenoxy) is 1. The highest BCUT2D eigenvalue weighted by molar-refractivity contribution is 14.0. The van der Waals surface area contributed by atoms with E-state index < -0.39 is 0 Å². The van der Waals surface area contributed by atoms with E-state index in [9.17, 15) is 0 Å². The molecule has 0 aliphatic carbocycles. The highest BCUT2D eigenvalue weighted by Crippen LogP contribution is 2.10. The number of nitrogens with one attached hydrogen (secondary N) is 2. The Morgan fingerprint density at radius 1 is 1.14 bits per heavy atom. The number of halogens is 1. The molecule has 1 aromatic rings. The van der Waals surface area contributed by atoms with Crippen LogP contribution in [0.3, 0.4) is 0 Å². The molecule has 0 aliphatic heterocycles. The molecule has 126 valence electrons. The Morgan fingerprint density at radius 2 is 1.77 bits per heavy atom. The van der Waals surface area contributed by atoms with Gasteiger partial charge < -0.3 is 20.3 Å². The van der Waals surface area contributed by atoms with Crippen LogP contribution in [0.5, 0.6) is 0 Å². The second kappa shape index (κ2) is 13.6. The van der Waals surface area contributed by atoms with Crippen molar-refractivity contribution >= 4 is 35.6 Å². The molecule has 2 N–H and O–H groups in total. The van der Waals surface area contributed by atoms with Crippen LogP contribution in [0.2, 0.25) is 0 Å². The Hall–Kier alpha value is -1.02. The Morgan fingerprint density at radius 3 is 2.36 bits per heavy atom. The maximum atomic E-state index is 5.02. The van der Waals surface area contributed by atoms with Gasteiger partial charge in [0.2, 0.25) is 0 Å². The monoisotopic (exact) mass is 420 g/mol. The number of nitrogens with zero attached hydrogens (tertiary/aromatic N) is 2. The van der Waals surface area contributed by atoms with Crippen LogP contribution >= 0.6 is 24.0 Å². The van der Waals surface area contributed by atoms with Crippen molar-refractivity contribution in [1.82, 2.24) is 10.6 Å². The fourth-order valence-electron chi connectivity index (χ4n) is 1.98. The van der Waals surface area contributed by atoms with Crippen LogP contribution in [-0.2, 0) is 4.74 Å². The number of hydrogen-bond donors (Lipinski definition) is 2. The lowest BCUT2D eigenvalue weighted by Crippen LogP contribution is -2.39. The summed E-state index contributed by atoms with van der Waals surface area (Å²) < 4.78 is 5.02. The minimum absolute atomic E-state index is 0. The average molecular weight is 420 g/mol. The summed E-state index contributed by atoms with van der Waals surface area (Å²) in [4.78, 5) is 6.46. The summed E-state index contributed by atoms with van der Waals surface area (Å²) in [6.07, 6.45) is 2.04. The quantitative estimate of drug-likeness (QED) is 0.279. The molecule has 0 saturated carbocycles. The summed E-state index contributed by atoms with van der Waals surface area (Å²) in [7, 11) is 5.63. The third kappa shape index (κ3) is 9.09. The number of guanidine groups is 1. The number of para-hydroxylation sites is 1. The van der Waals surface area contributed by atoms with Crippen LogP contribution in [0, 0.1) is 0 Å². The molecule has 0 atom stereocenters. The first-order chi connectivity index (χ1) is 10.3. The number of methoxy groups -OCH3 is 1. The average Bonchev–Trinajstić information content (AvgIpc) is 2.54. The number of benzene rings is 1. The normalized spacial score (nSPS) is 10.8. The van der Waals surface area contributed by atoms with Gasteiger partial charge in [-0.2, -0.15) is 0 Å². The van der Waals surface area contributed by atoms with Gasteiger partial charge in [-0.15, -0.1) is 24.0 Å². The summed E-state index contributed by atoms with van der Waals surface area (Å²) in [5.41, 5.74) is 1.25. The minimum atomic E-state index is 0. The first-order valence-corrected chi connectivity index (χ1v) is 7.47. The SMILES string of the molecule is CN=C(NCCCOC)NCCCN(C)c1ccccc1.I. The lowest BCUT2D eigenvalue weighted by Gasteiger charge is -2.19. The van der Waals surface area contributed by atoms with E-state index in [4.69, 9.17) is 4.74 Å². The number of aliphatic imine (C=N–C) groups is 1. The number of hydrogen-bond acceptors (Lipinski definition) is 3. The summed E-state index contributed by atoms with van der Waals surface area (Å²) in [5.74, 6) is 0.855. The topological polar surface area (TPSA) is 48.9 Å². The molecule has 0 spiro atoms. The Bertz CT molecular complexity index is 400. The van der Waals surface area contributed by atoms with Crippen molar-refractivity contribution in [2.24, 2.45) is 4.99 Å². The number of anilines is 1. The molecule has 0 saturated heterocycles. The van der Waals surface area contributed by atoms with Gasteiger partial charge in [-0.05, 0) is 25.0 Å². The van der Waals surface area contributed by atoms with Gasteiger partial charge in [-0.1, -0.05) is 18.2 Å². The van der Waals surface area contributed by atoms with Crippen LogP contribution in [-0.4, -0.2) is 53.4 Å². The zero-order chi connectivity index (χ0) is 15.3. The summed E-state index contributed by atoms with van der Waals surface area (Å²) >= 11 is 0. The van der Waals surface area contributed by atoms with E-state index in [1.54, 1.807) is 14.2 Å². The van der Waals surface area contributed by atoms with Gasteiger partial charge in [-0.3, -0.25) is 4.99 Å². The van der Waals surface area contributed by atoms with E-state index in [-0.39, 0.29) is 24.0 Å². The zero-order valence-electron chi connectivity index (χ0n) is 13.8. The third-order valence-corrected chi connectivity index (χ3v) is 3.20. The fraction of sp³-hybridized carbons (Fsp3) is 0.562. The maximum absolute atomic E-state index is 5.02. The Kier molecular flexibility index (Phi) is 13.0. The van der Waals surface area contributed by atoms with Crippen LogP contribution < -0.4 is 15.5 Å². The van der Waals surface area contributed by atoms with Crippen LogP contribution in [0.25, 0.3) is 0 Å². The maximum Gasteiger partial charge on any atom is 0.190 e. The summed E-state index contributed by atoms with van der Waals surface area (Å²) in [5, 5.41) is 6.59. The van der Waals surface area contributed by atoms with E-state index >= 15 is 0 Å². The standard InChI is InChI=1S/C16H28N4O.HI/c1-17-16(19-12-8-14-21-3)18-11-7-13-20(2)15-9-5-4-6-10-15;/h4-6,9-10H,7-8,11-14H2,1-3H3,(H2,17,18,19);1H. The largest absolute Gasteiger partial charge is 0.385 e. The van der Waals surface area contributed by atoms with E-state index in [2.05, 4.69) is 51.8 Å². The van der Waals surface area contributed by atoms with Crippen molar-refractivity contribution in [3.05, 3.63) is 30.3 Å². The first-order valence-electron chi connectivity index (χ1n) is 7.47. The van der Waals surface area contributed by atoms with Gasteiger partial charge in [0.05, 0.1) is 0 Å². The summed E-state index contributed by atoms with van der Waals surface area (Å²) in [6.45, 7) is 3.56. The molecule has 0 radical (unpaired) electrons. The van der Waals surface area contributed by atoms with Crippen LogP contribution in [0.4, 0.5) is 5.69 Å². The van der Waals surface area contributed by atoms with E-state index in [1.165, 1.54) is 5.69 Å². The van der Waals surface area contributed by atoms with Crippen molar-refractivity contribution in [3.8, 4) is 0 Å². The van der Waals surface area contributed by atoms with E-state index in [0.29, 0.717) is 0 Å². The molecule has 1 rings (SSSR count). The molecule has 1 aromatic carbocycles. The van der Waals surface area contributed by atoms with Crippen molar-refractivity contribution in [3.63, 3.8) is 0 Å². The van der Waals surface area contributed by atoms with Gasteiger partial charge in [0.25, 0.3) is 0 Å². The van der Waals surface area contributed by atoms with Gasteiger partial charge in [0.1, 0.15) is 0 Å². The molecule has 0 aromatic heterocycles. The molecule has 0 heterocycles. The van der Waals surface area contributed by atoms with E-state index in [0.717, 1.165) is 45.0 Å². The minimum Gasteiger partial charge on any atom is -0.385 e. The Labute approximate surface area is 151 Å². The molecule has 0 unspecified atom stereocenters. The molecule has 0 aliphatic rings. The summed E-state index contributed by atoms with van der Waals surface area (Å²) in [6, 6.07) is 10.4. The van der Waals surface area contributed by atoms with Gasteiger partial charge in [0.15, 0.2) is 5.96 Å². The lowest BCUT2D eigenvalue weighted by molar-refractivity contribution is 0.195. The highest BCUT2D eigenvalue weighted by Gasteiger charge is 2.00. The van der Waals surface area contributed by atoms with Crippen molar-refractivity contribution < 1.29 is 4.74 Å². The molecule has 0 amide bonds. The second-order valence-electron chi connectivity index (χ2n) is 4.88. The molecule has 22 heavy (non-hydrogen) atoms. The second-order valence-corrected chi connectivity index (χ2v) is 4.88. The third-order valence-electron chi connectivity index (χ3n) is 3.20. The smallest absolute Gasteiger partial charge is 0.190 e. The molecule has 6 heteroatoms. The van der Waals surface area contributed by atoms with Crippen LogP contribution in [0.1, 0.15) is 12.8 Å². The molecular formula is C16H29IN4O. The molecule has 0 fully saturated rings. The van der Waals surface area contributed by atoms with Gasteiger partial charge in [-0.25, -0.2) is 0 Å². The molecular weight excluding hydrogens is 391 g/mol. The first kappa shape index (κ1) is 21.0. The highest BCUT2D eigenvalue weighted by atomic mass is 127. The van der Waals surface area contributed by atoms with E-state index in [1.807, 2.05) is 6.07 Å². The Balaban J connectivity index is 0.00000441. The van der Waals surface area contributed by atoms with Crippen LogP contribution in [0.15, 0.2) is 35.3 Å². The fourth-order valence-corrected chi connectivity index (χ4v) is 1.98. The van der Waals surface area contributed by atoms with Crippen molar-refractivity contribution in [2.75, 3.05) is 52.3 Å². The lowest BCUT2D eigenvalue weighted by atomic mass is 10.3. The van der Waals surface area contributed by atoms with Crippen molar-refractivity contribution in [2.45, 2.75) is 12.8 Å². The van der Waals surface area contributed by atoms with Gasteiger partial charge >= 0.3 is 0 Å². The predicted molar refractivity (Wildman–Crippen MR) is 106 cm³/mol. The van der Waals surface area contributed by atoms with Crippen molar-refractivity contribution in [1.29, 1.82) is 0 Å². The zero-order valence-corrected chi connectivity index (χ0v) is 16.2. The predicted octanol–water partition coefficient (Wildman–Crippen LogP) is 2.33. The molecule has 5 nitrogen and oxygen atoms in total. The number of rotatable bonds is 9. The van der Waals surface area contributed by atoms with Gasteiger partial charge in [0, 0.05) is 53.1 Å².